The molecule has 0 bridgehead atoms. The van der Waals surface area contributed by atoms with Crippen molar-refractivity contribution < 1.29 is 39.5 Å². The number of hydrogen-bond acceptors (Lipinski definition) is 11. The van der Waals surface area contributed by atoms with E-state index in [2.05, 4.69) is 10.3 Å². The molecule has 1 amide bonds. The van der Waals surface area contributed by atoms with Crippen LogP contribution in [-0.4, -0.2) is 81.0 Å². The number of rotatable bonds is 16. The number of amides is 1. The van der Waals surface area contributed by atoms with Crippen LogP contribution in [0.2, 0.25) is 0 Å². The van der Waals surface area contributed by atoms with Gasteiger partial charge in [0, 0.05) is 23.8 Å². The van der Waals surface area contributed by atoms with Crippen molar-refractivity contribution in [1.29, 1.82) is 0 Å². The fraction of sp³-hybridized carbons (Fsp3) is 0.633. The monoisotopic (exact) mass is 640 g/mol. The number of fused-ring (bicyclic) bond motifs is 1. The molecule has 1 saturated heterocycles. The van der Waals surface area contributed by atoms with E-state index in [1.807, 2.05) is 24.5 Å². The molecule has 13 heteroatoms. The van der Waals surface area contributed by atoms with Crippen LogP contribution in [0.5, 0.6) is 0 Å². The van der Waals surface area contributed by atoms with Crippen LogP contribution >= 0.6 is 20.7 Å². The molecule has 3 heterocycles. The highest BCUT2D eigenvalue weighted by Gasteiger charge is 2.41. The Hall–Kier alpha value is -2.39. The summed E-state index contributed by atoms with van der Waals surface area (Å²) in [7, 11) is 2.94. The van der Waals surface area contributed by atoms with E-state index in [-0.39, 0.29) is 42.1 Å². The van der Waals surface area contributed by atoms with Gasteiger partial charge in [0.2, 0.25) is 5.91 Å². The molecule has 0 radical (unpaired) electrons. The van der Waals surface area contributed by atoms with Crippen molar-refractivity contribution in [2.45, 2.75) is 96.2 Å². The van der Waals surface area contributed by atoms with Crippen molar-refractivity contribution in [3.63, 3.8) is 0 Å². The molecule has 7 unspecified atom stereocenters. The van der Waals surface area contributed by atoms with Crippen LogP contribution < -0.4 is 10.9 Å². The molecule has 0 spiro atoms. The normalized spacial score (nSPS) is 23.4. The first-order chi connectivity index (χ1) is 20.5. The van der Waals surface area contributed by atoms with Gasteiger partial charge in [-0.1, -0.05) is 59.0 Å². The van der Waals surface area contributed by atoms with Gasteiger partial charge in [0.25, 0.3) is 5.56 Å². The number of aromatic amines is 1. The number of aromatic nitrogens is 1. The van der Waals surface area contributed by atoms with Crippen molar-refractivity contribution in [3.8, 4) is 10.6 Å². The molecule has 0 aliphatic carbocycles. The van der Waals surface area contributed by atoms with Crippen LogP contribution in [0.25, 0.3) is 10.6 Å². The number of carbonyl (C=O) groups excluding carboxylic acids is 2. The van der Waals surface area contributed by atoms with Gasteiger partial charge < -0.3 is 40.2 Å². The first-order valence-electron chi connectivity index (χ1n) is 14.7. The minimum atomic E-state index is -1.34. The van der Waals surface area contributed by atoms with Crippen molar-refractivity contribution in [3.05, 3.63) is 39.5 Å². The lowest BCUT2D eigenvalue weighted by atomic mass is 9.86. The summed E-state index contributed by atoms with van der Waals surface area (Å²) < 4.78 is 10.9. The molecule has 1 fully saturated rings. The SMILES string of the molecule is C/C(=C\C(=O)OCCCCCCCC(=O)Nc1c2sscc-2[nH]c1=O)C(O)C1OCC(C/C=C/C(C)C(C)O)C(O)C1O. The Bertz CT molecular complexity index is 1250. The number of aliphatic hydroxyl groups is 4. The second kappa shape index (κ2) is 17.2. The van der Waals surface area contributed by atoms with Gasteiger partial charge in [-0.2, -0.15) is 0 Å². The molecule has 0 aromatic rings. The van der Waals surface area contributed by atoms with Gasteiger partial charge in [0.15, 0.2) is 0 Å². The molecule has 3 aliphatic heterocycles. The highest BCUT2D eigenvalue weighted by Crippen LogP contribution is 2.35. The molecular weight excluding hydrogens is 596 g/mol. The zero-order chi connectivity index (χ0) is 31.5. The highest BCUT2D eigenvalue weighted by atomic mass is 32.9. The Morgan fingerprint density at radius 2 is 1.88 bits per heavy atom. The molecule has 6 N–H and O–H groups in total. The van der Waals surface area contributed by atoms with Crippen molar-refractivity contribution in [2.75, 3.05) is 18.5 Å². The van der Waals surface area contributed by atoms with Crippen LogP contribution in [0.15, 0.2) is 34.0 Å². The second-order valence-corrected chi connectivity index (χ2v) is 13.3. The molecular formula is C30H44N2O9S2. The Kier molecular flexibility index (Phi) is 14.0. The Morgan fingerprint density at radius 3 is 2.63 bits per heavy atom. The predicted octanol–water partition coefficient (Wildman–Crippen LogP) is 3.43. The minimum Gasteiger partial charge on any atom is -0.463 e. The molecule has 43 heavy (non-hydrogen) atoms. The van der Waals surface area contributed by atoms with Crippen LogP contribution in [0, 0.1) is 11.8 Å². The third-order valence-electron chi connectivity index (χ3n) is 7.74. The highest BCUT2D eigenvalue weighted by molar-refractivity contribution is 7.70. The van der Waals surface area contributed by atoms with E-state index in [1.165, 1.54) is 33.7 Å². The van der Waals surface area contributed by atoms with Crippen LogP contribution in [0.3, 0.4) is 0 Å². The van der Waals surface area contributed by atoms with Crippen LogP contribution in [0.1, 0.15) is 65.7 Å². The average Bonchev–Trinajstić information content (AvgIpc) is 3.53. The van der Waals surface area contributed by atoms with Gasteiger partial charge in [-0.3, -0.25) is 9.59 Å². The van der Waals surface area contributed by atoms with Crippen LogP contribution in [-0.2, 0) is 19.1 Å². The molecule has 0 aromatic carbocycles. The topological polar surface area (TPSA) is 178 Å². The molecule has 3 rings (SSSR count). The summed E-state index contributed by atoms with van der Waals surface area (Å²) in [4.78, 5) is 39.9. The number of esters is 1. The maximum Gasteiger partial charge on any atom is 0.330 e. The standard InChI is InChI=1S/C30H44N2O9S2/c1-17(19(3)33)10-9-11-20-15-41-28(27(38)26(20)37)25(36)18(2)14-23(35)40-13-8-6-4-5-7-12-22(34)32-24-29-21(16-42-43-29)31-30(24)39/h9-10,14,16-17,19-20,25-28,33,36-38H,4-8,11-13,15H2,1-3H3,(H,31,39)(H,32,34)/b10-9+,18-14+. The lowest BCUT2D eigenvalue weighted by Crippen LogP contribution is -2.54. The number of H-pyrrole nitrogens is 1. The van der Waals surface area contributed by atoms with Gasteiger partial charge in [-0.05, 0) is 44.6 Å². The smallest absolute Gasteiger partial charge is 0.330 e. The Balaban J connectivity index is 1.28. The molecule has 11 nitrogen and oxygen atoms in total. The first-order valence-corrected chi connectivity index (χ1v) is 17.0. The number of allylic oxidation sites excluding steroid dienone is 1. The quantitative estimate of drug-likeness (QED) is 0.0527. The number of ether oxygens (including phenoxy) is 2. The molecule has 7 atom stereocenters. The number of unbranched alkanes of at least 4 members (excludes halogenated alkanes) is 4. The van der Waals surface area contributed by atoms with Gasteiger partial charge in [-0.25, -0.2) is 4.79 Å². The third-order valence-corrected chi connectivity index (χ3v) is 9.83. The van der Waals surface area contributed by atoms with Crippen LogP contribution in [0.4, 0.5) is 5.69 Å². The number of hydrogen-bond donors (Lipinski definition) is 6. The summed E-state index contributed by atoms with van der Waals surface area (Å²) in [6.07, 6.45) is 4.15. The Morgan fingerprint density at radius 1 is 1.16 bits per heavy atom. The summed E-state index contributed by atoms with van der Waals surface area (Å²) in [6, 6.07) is 0. The van der Waals surface area contributed by atoms with E-state index in [0.717, 1.165) is 29.8 Å². The van der Waals surface area contributed by atoms with E-state index in [9.17, 15) is 34.8 Å². The van der Waals surface area contributed by atoms with Gasteiger partial charge in [0.1, 0.15) is 24.0 Å². The lowest BCUT2D eigenvalue weighted by molar-refractivity contribution is -0.187. The molecule has 240 valence electrons. The summed E-state index contributed by atoms with van der Waals surface area (Å²) in [5, 5.41) is 45.9. The summed E-state index contributed by atoms with van der Waals surface area (Å²) in [5.41, 5.74) is 1.04. The number of carbonyl (C=O) groups is 2. The number of nitrogens with one attached hydrogen (secondary N) is 2. The molecule has 0 aromatic heterocycles. The fourth-order valence-corrected chi connectivity index (χ4v) is 6.93. The number of aliphatic hydroxyl groups excluding tert-OH is 4. The summed E-state index contributed by atoms with van der Waals surface area (Å²) >= 11 is 0. The Labute approximate surface area is 259 Å². The number of anilines is 1. The maximum atomic E-state index is 12.2. The summed E-state index contributed by atoms with van der Waals surface area (Å²) in [5.74, 6) is -1.21. The largest absolute Gasteiger partial charge is 0.463 e. The van der Waals surface area contributed by atoms with Crippen molar-refractivity contribution >= 4 is 38.2 Å². The van der Waals surface area contributed by atoms with Gasteiger partial charge in [-0.15, -0.1) is 0 Å². The van der Waals surface area contributed by atoms with E-state index < -0.39 is 36.5 Å². The van der Waals surface area contributed by atoms with Crippen molar-refractivity contribution in [1.82, 2.24) is 4.98 Å². The van der Waals surface area contributed by atoms with E-state index in [0.29, 0.717) is 31.4 Å². The average molecular weight is 641 g/mol. The third kappa shape index (κ3) is 10.3. The maximum absolute atomic E-state index is 12.2. The van der Waals surface area contributed by atoms with E-state index in [1.54, 1.807) is 6.92 Å². The van der Waals surface area contributed by atoms with Gasteiger partial charge >= 0.3 is 5.97 Å². The van der Waals surface area contributed by atoms with E-state index in [4.69, 9.17) is 9.47 Å². The summed E-state index contributed by atoms with van der Waals surface area (Å²) in [6.45, 7) is 5.45. The van der Waals surface area contributed by atoms with E-state index >= 15 is 0 Å². The zero-order valence-electron chi connectivity index (χ0n) is 24.9. The predicted molar refractivity (Wildman–Crippen MR) is 166 cm³/mol. The lowest BCUT2D eigenvalue weighted by Gasteiger charge is -2.39. The zero-order valence-corrected chi connectivity index (χ0v) is 26.5. The van der Waals surface area contributed by atoms with Gasteiger partial charge in [0.05, 0.1) is 36.0 Å². The second-order valence-electron chi connectivity index (χ2n) is 11.2. The molecule has 3 aliphatic rings. The first kappa shape index (κ1) is 35.1. The van der Waals surface area contributed by atoms with Crippen molar-refractivity contribution in [2.24, 2.45) is 11.8 Å². The molecule has 0 saturated carbocycles. The fourth-order valence-electron chi connectivity index (χ4n) is 4.77. The minimum absolute atomic E-state index is 0.0386.